The van der Waals surface area contributed by atoms with Gasteiger partial charge in [-0.3, -0.25) is 0 Å². The summed E-state index contributed by atoms with van der Waals surface area (Å²) in [5, 5.41) is 0. The van der Waals surface area contributed by atoms with Crippen LogP contribution in [0, 0.1) is 11.7 Å². The van der Waals surface area contributed by atoms with Crippen molar-refractivity contribution in [3.05, 3.63) is 66.4 Å². The van der Waals surface area contributed by atoms with Gasteiger partial charge < -0.3 is 9.47 Å². The van der Waals surface area contributed by atoms with Crippen molar-refractivity contribution in [3.8, 4) is 11.3 Å². The van der Waals surface area contributed by atoms with E-state index in [4.69, 9.17) is 0 Å². The Hall–Kier alpha value is -2.67. The molecule has 3 heterocycles. The van der Waals surface area contributed by atoms with Crippen LogP contribution in [-0.2, 0) is 9.84 Å². The van der Waals surface area contributed by atoms with Gasteiger partial charge in [0.2, 0.25) is 0 Å². The van der Waals surface area contributed by atoms with Crippen molar-refractivity contribution in [1.82, 2.24) is 9.55 Å². The number of fused-ring (bicyclic) bond motifs is 3. The van der Waals surface area contributed by atoms with Crippen molar-refractivity contribution in [2.45, 2.75) is 23.8 Å². The Balaban J connectivity index is 1.40. The third-order valence-corrected chi connectivity index (χ3v) is 7.30. The lowest BCUT2D eigenvalue weighted by Gasteiger charge is -2.37. The second-order valence-corrected chi connectivity index (χ2v) is 9.94. The number of nitrogens with zero attached hydrogens (tertiary/aromatic N) is 3. The number of hydrogen-bond donors (Lipinski definition) is 0. The van der Waals surface area contributed by atoms with Crippen molar-refractivity contribution in [2.75, 3.05) is 24.2 Å². The SMILES string of the molecule is CS(=O)(=O)c1cccc(N2CCC(C3c4c(F)cccc4-c4cncn43)CC2)c1. The molecule has 150 valence electrons. The molecule has 1 saturated heterocycles. The van der Waals surface area contributed by atoms with Gasteiger partial charge in [0.25, 0.3) is 0 Å². The fraction of sp³-hybridized carbons (Fsp3) is 0.318. The molecule has 1 fully saturated rings. The lowest BCUT2D eigenvalue weighted by Crippen LogP contribution is -2.36. The van der Waals surface area contributed by atoms with Crippen molar-refractivity contribution in [2.24, 2.45) is 5.92 Å². The molecule has 5 rings (SSSR count). The standard InChI is InChI=1S/C22H22FN3O2S/c1-29(27,28)17-5-2-4-16(12-17)25-10-8-15(9-11-25)22-21-18(6-3-7-19(21)23)20-13-24-14-26(20)22/h2-7,12-15,22H,8-11H2,1H3. The Labute approximate surface area is 169 Å². The van der Waals surface area contributed by atoms with Crippen molar-refractivity contribution >= 4 is 15.5 Å². The molecule has 7 heteroatoms. The molecule has 1 aromatic heterocycles. The molecule has 1 atom stereocenters. The molecule has 0 bridgehead atoms. The van der Waals surface area contributed by atoms with Crippen molar-refractivity contribution in [1.29, 1.82) is 0 Å². The number of anilines is 1. The summed E-state index contributed by atoms with van der Waals surface area (Å²) in [5.74, 6) is 0.148. The molecule has 1 unspecified atom stereocenters. The van der Waals surface area contributed by atoms with E-state index in [1.165, 1.54) is 12.3 Å². The summed E-state index contributed by atoms with van der Waals surface area (Å²) in [5.41, 5.74) is 3.62. The van der Waals surface area contributed by atoms with Gasteiger partial charge >= 0.3 is 0 Å². The molecule has 29 heavy (non-hydrogen) atoms. The molecular formula is C22H22FN3O2S. The number of rotatable bonds is 3. The van der Waals surface area contributed by atoms with Crippen LogP contribution in [0.25, 0.3) is 11.3 Å². The Morgan fingerprint density at radius 2 is 1.86 bits per heavy atom. The third-order valence-electron chi connectivity index (χ3n) is 6.19. The molecule has 0 spiro atoms. The highest BCUT2D eigenvalue weighted by Gasteiger charge is 2.38. The van der Waals surface area contributed by atoms with Gasteiger partial charge in [-0.1, -0.05) is 18.2 Å². The molecule has 5 nitrogen and oxygen atoms in total. The van der Waals surface area contributed by atoms with Crippen molar-refractivity contribution in [3.63, 3.8) is 0 Å². The predicted octanol–water partition coefficient (Wildman–Crippen LogP) is 3.91. The van der Waals surface area contributed by atoms with Crippen molar-refractivity contribution < 1.29 is 12.8 Å². The molecule has 0 radical (unpaired) electrons. The monoisotopic (exact) mass is 411 g/mol. The van der Waals surface area contributed by atoms with Gasteiger partial charge in [-0.15, -0.1) is 0 Å². The molecular weight excluding hydrogens is 389 g/mol. The van der Waals surface area contributed by atoms with E-state index in [2.05, 4.69) is 14.5 Å². The summed E-state index contributed by atoms with van der Waals surface area (Å²) < 4.78 is 40.6. The first-order valence-electron chi connectivity index (χ1n) is 9.79. The van der Waals surface area contributed by atoms with Crippen LogP contribution in [0.15, 0.2) is 59.9 Å². The minimum Gasteiger partial charge on any atom is -0.371 e. The maximum absolute atomic E-state index is 14.7. The minimum atomic E-state index is -3.23. The van der Waals surface area contributed by atoms with Gasteiger partial charge in [0.1, 0.15) is 5.82 Å². The topological polar surface area (TPSA) is 55.2 Å². The van der Waals surface area contributed by atoms with Gasteiger partial charge in [-0.2, -0.15) is 0 Å². The van der Waals surface area contributed by atoms with Crippen LogP contribution in [0.2, 0.25) is 0 Å². The average Bonchev–Trinajstić information content (AvgIpc) is 3.29. The fourth-order valence-corrected chi connectivity index (χ4v) is 5.44. The smallest absolute Gasteiger partial charge is 0.175 e. The van der Waals surface area contributed by atoms with E-state index in [1.54, 1.807) is 30.6 Å². The largest absolute Gasteiger partial charge is 0.371 e. The van der Waals surface area contributed by atoms with E-state index in [9.17, 15) is 12.8 Å². The van der Waals surface area contributed by atoms with E-state index in [0.29, 0.717) is 10.8 Å². The summed E-state index contributed by atoms with van der Waals surface area (Å²) in [6.07, 6.45) is 6.65. The number of hydrogen-bond acceptors (Lipinski definition) is 4. The maximum Gasteiger partial charge on any atom is 0.175 e. The molecule has 3 aromatic rings. The number of aromatic nitrogens is 2. The number of halogens is 1. The zero-order valence-corrected chi connectivity index (χ0v) is 16.9. The van der Waals surface area contributed by atoms with Gasteiger partial charge in [-0.05, 0) is 43.0 Å². The Morgan fingerprint density at radius 1 is 1.10 bits per heavy atom. The van der Waals surface area contributed by atoms with Crippen LogP contribution in [-0.4, -0.2) is 37.3 Å². The number of sulfone groups is 1. The van der Waals surface area contributed by atoms with E-state index in [-0.39, 0.29) is 11.9 Å². The second kappa shape index (κ2) is 6.69. The quantitative estimate of drug-likeness (QED) is 0.656. The predicted molar refractivity (Wildman–Crippen MR) is 110 cm³/mol. The molecule has 0 N–H and O–H groups in total. The summed E-state index contributed by atoms with van der Waals surface area (Å²) in [4.78, 5) is 6.85. The van der Waals surface area contributed by atoms with Gasteiger partial charge in [0.15, 0.2) is 9.84 Å². The highest BCUT2D eigenvalue weighted by molar-refractivity contribution is 7.90. The number of benzene rings is 2. The third kappa shape index (κ3) is 3.04. The van der Waals surface area contributed by atoms with Gasteiger partial charge in [0, 0.05) is 36.2 Å². The van der Waals surface area contributed by atoms with Crippen LogP contribution in [0.5, 0.6) is 0 Å². The molecule has 0 saturated carbocycles. The van der Waals surface area contributed by atoms with E-state index in [0.717, 1.165) is 48.4 Å². The number of imidazole rings is 1. The van der Waals surface area contributed by atoms with Crippen LogP contribution in [0.1, 0.15) is 24.4 Å². The Kier molecular flexibility index (Phi) is 4.24. The van der Waals surface area contributed by atoms with Gasteiger partial charge in [0.05, 0.1) is 29.2 Å². The molecule has 2 aliphatic rings. The molecule has 2 aromatic carbocycles. The fourth-order valence-electron chi connectivity index (χ4n) is 4.78. The minimum absolute atomic E-state index is 0.0341. The normalized spacial score (nSPS) is 19.2. The summed E-state index contributed by atoms with van der Waals surface area (Å²) in [6.45, 7) is 1.62. The zero-order valence-electron chi connectivity index (χ0n) is 16.1. The van der Waals surface area contributed by atoms with Gasteiger partial charge in [-0.25, -0.2) is 17.8 Å². The van der Waals surface area contributed by atoms with Crippen LogP contribution < -0.4 is 4.90 Å². The Bertz CT molecular complexity index is 1180. The molecule has 2 aliphatic heterocycles. The van der Waals surface area contributed by atoms with Crippen LogP contribution >= 0.6 is 0 Å². The summed E-state index contributed by atoms with van der Waals surface area (Å²) in [7, 11) is -3.23. The van der Waals surface area contributed by atoms with E-state index in [1.807, 2.05) is 18.3 Å². The highest BCUT2D eigenvalue weighted by Crippen LogP contribution is 2.46. The summed E-state index contributed by atoms with van der Waals surface area (Å²) >= 11 is 0. The lowest BCUT2D eigenvalue weighted by atomic mass is 9.85. The summed E-state index contributed by atoms with van der Waals surface area (Å²) in [6, 6.07) is 12.3. The molecule has 0 amide bonds. The average molecular weight is 412 g/mol. The first kappa shape index (κ1) is 18.4. The maximum atomic E-state index is 14.7. The lowest BCUT2D eigenvalue weighted by molar-refractivity contribution is 0.312. The second-order valence-electron chi connectivity index (χ2n) is 7.93. The van der Waals surface area contributed by atoms with Crippen LogP contribution in [0.3, 0.4) is 0 Å². The first-order chi connectivity index (χ1) is 13.9. The Morgan fingerprint density at radius 3 is 2.62 bits per heavy atom. The molecule has 0 aliphatic carbocycles. The van der Waals surface area contributed by atoms with Crippen LogP contribution in [0.4, 0.5) is 10.1 Å². The van der Waals surface area contributed by atoms with E-state index < -0.39 is 9.84 Å². The first-order valence-corrected chi connectivity index (χ1v) is 11.7. The highest BCUT2D eigenvalue weighted by atomic mass is 32.2. The zero-order chi connectivity index (χ0) is 20.2. The number of piperidine rings is 1. The van der Waals surface area contributed by atoms with E-state index >= 15 is 0 Å².